The van der Waals surface area contributed by atoms with Gasteiger partial charge in [-0.05, 0) is 72.2 Å². The lowest BCUT2D eigenvalue weighted by molar-refractivity contribution is -0.166. The zero-order valence-electron chi connectivity index (χ0n) is 17.8. The van der Waals surface area contributed by atoms with Crippen LogP contribution in [0.25, 0.3) is 0 Å². The molecule has 2 N–H and O–H groups in total. The second-order valence-electron chi connectivity index (χ2n) is 9.85. The Morgan fingerprint density at radius 1 is 0.500 bits per heavy atom. The molecule has 6 aliphatic rings. The fraction of sp³-hybridized carbons (Fsp3) is 0.308. The SMILES string of the molecule is O=C1[C@H]2[C@@H]3C=C[C@@H]([C@@H]2C(=O)N1c1ccc(O)cc1)[C@H]1[C@H]2C(=O)N(c4ccc(O)cc4)C(=O)[C@@H]2[C@H]31. The number of hydrogen-bond donors (Lipinski definition) is 2. The summed E-state index contributed by atoms with van der Waals surface area (Å²) in [6, 6.07) is 11.9. The minimum Gasteiger partial charge on any atom is -0.508 e. The van der Waals surface area contributed by atoms with Gasteiger partial charge in [0.25, 0.3) is 0 Å². The largest absolute Gasteiger partial charge is 0.508 e. The van der Waals surface area contributed by atoms with Gasteiger partial charge in [-0.1, -0.05) is 12.2 Å². The van der Waals surface area contributed by atoms with Crippen LogP contribution in [0.1, 0.15) is 0 Å². The van der Waals surface area contributed by atoms with Gasteiger partial charge in [-0.2, -0.15) is 0 Å². The Bertz CT molecular complexity index is 1260. The van der Waals surface area contributed by atoms with E-state index in [0.29, 0.717) is 11.4 Å². The van der Waals surface area contributed by atoms with E-state index in [9.17, 15) is 29.4 Å². The van der Waals surface area contributed by atoms with E-state index < -0.39 is 23.7 Å². The summed E-state index contributed by atoms with van der Waals surface area (Å²) < 4.78 is 0. The zero-order valence-corrected chi connectivity index (χ0v) is 17.8. The second kappa shape index (κ2) is 6.34. The molecule has 4 amide bonds. The molecule has 0 radical (unpaired) electrons. The van der Waals surface area contributed by atoms with Crippen LogP contribution in [0.2, 0.25) is 0 Å². The third-order valence-corrected chi connectivity index (χ3v) is 8.56. The van der Waals surface area contributed by atoms with Crippen LogP contribution < -0.4 is 9.80 Å². The zero-order chi connectivity index (χ0) is 23.5. The van der Waals surface area contributed by atoms with E-state index in [1.807, 2.05) is 12.2 Å². The Kier molecular flexibility index (Phi) is 3.64. The first kappa shape index (κ1) is 19.5. The Morgan fingerprint density at radius 3 is 1.18 bits per heavy atom. The molecule has 2 bridgehead atoms. The number of carbonyl (C=O) groups is 4. The molecule has 170 valence electrons. The van der Waals surface area contributed by atoms with Crippen molar-refractivity contribution in [2.75, 3.05) is 9.80 Å². The lowest BCUT2D eigenvalue weighted by Gasteiger charge is -2.60. The lowest BCUT2D eigenvalue weighted by atomic mass is 9.40. The minimum absolute atomic E-state index is 0.0445. The number of fused-ring (bicyclic) bond motifs is 1. The minimum atomic E-state index is -0.552. The first-order chi connectivity index (χ1) is 16.4. The molecule has 2 aromatic carbocycles. The summed E-state index contributed by atoms with van der Waals surface area (Å²) in [7, 11) is 0. The number of phenols is 2. The van der Waals surface area contributed by atoms with Crippen molar-refractivity contribution in [2.24, 2.45) is 47.3 Å². The summed E-state index contributed by atoms with van der Waals surface area (Å²) in [4.78, 5) is 56.1. The van der Waals surface area contributed by atoms with Crippen molar-refractivity contribution < 1.29 is 29.4 Å². The monoisotopic (exact) mass is 456 g/mol. The highest BCUT2D eigenvalue weighted by atomic mass is 16.3. The summed E-state index contributed by atoms with van der Waals surface area (Å²) in [5, 5.41) is 19.2. The molecule has 34 heavy (non-hydrogen) atoms. The highest BCUT2D eigenvalue weighted by molar-refractivity contribution is 6.25. The number of imide groups is 2. The predicted octanol–water partition coefficient (Wildman–Crippen LogP) is 2.07. The highest BCUT2D eigenvalue weighted by Crippen LogP contribution is 2.68. The molecule has 8 atom stereocenters. The number of amides is 4. The molecule has 0 unspecified atom stereocenters. The maximum atomic E-state index is 13.5. The van der Waals surface area contributed by atoms with E-state index in [-0.39, 0.29) is 58.8 Å². The van der Waals surface area contributed by atoms with Crippen LogP contribution in [0, 0.1) is 47.3 Å². The summed E-state index contributed by atoms with van der Waals surface area (Å²) in [5.74, 6) is -4.01. The number of benzene rings is 2. The van der Waals surface area contributed by atoms with Crippen molar-refractivity contribution in [3.05, 3.63) is 60.7 Å². The fourth-order valence-electron chi connectivity index (χ4n) is 7.31. The number of aromatic hydroxyl groups is 2. The number of allylic oxidation sites excluding steroid dienone is 2. The van der Waals surface area contributed by atoms with Gasteiger partial charge in [0.05, 0.1) is 35.0 Å². The smallest absolute Gasteiger partial charge is 0.238 e. The van der Waals surface area contributed by atoms with E-state index >= 15 is 0 Å². The van der Waals surface area contributed by atoms with Crippen molar-refractivity contribution in [1.82, 2.24) is 0 Å². The van der Waals surface area contributed by atoms with Gasteiger partial charge in [-0.15, -0.1) is 0 Å². The maximum absolute atomic E-state index is 13.5. The summed E-state index contributed by atoms with van der Waals surface area (Å²) in [6.45, 7) is 0. The molecule has 8 rings (SSSR count). The number of hydrogen-bond acceptors (Lipinski definition) is 6. The fourth-order valence-corrected chi connectivity index (χ4v) is 7.31. The van der Waals surface area contributed by atoms with E-state index in [4.69, 9.17) is 0 Å². The van der Waals surface area contributed by atoms with Crippen LogP contribution in [0.15, 0.2) is 60.7 Å². The van der Waals surface area contributed by atoms with Gasteiger partial charge >= 0.3 is 0 Å². The average molecular weight is 456 g/mol. The molecular formula is C26H20N2O6. The third-order valence-electron chi connectivity index (χ3n) is 8.56. The molecule has 8 heteroatoms. The molecule has 2 saturated carbocycles. The van der Waals surface area contributed by atoms with Gasteiger partial charge in [0, 0.05) is 0 Å². The number of phenolic OH excluding ortho intramolecular Hbond substituents is 2. The molecule has 2 aliphatic heterocycles. The molecule has 4 aliphatic carbocycles. The maximum Gasteiger partial charge on any atom is 0.238 e. The molecule has 2 saturated heterocycles. The van der Waals surface area contributed by atoms with Gasteiger partial charge < -0.3 is 10.2 Å². The van der Waals surface area contributed by atoms with Crippen LogP contribution in [0.5, 0.6) is 11.5 Å². The molecule has 0 spiro atoms. The predicted molar refractivity (Wildman–Crippen MR) is 118 cm³/mol. The van der Waals surface area contributed by atoms with E-state index in [2.05, 4.69) is 0 Å². The lowest BCUT2D eigenvalue weighted by Crippen LogP contribution is -2.63. The van der Waals surface area contributed by atoms with Crippen molar-refractivity contribution in [1.29, 1.82) is 0 Å². The van der Waals surface area contributed by atoms with Crippen molar-refractivity contribution in [3.63, 3.8) is 0 Å². The van der Waals surface area contributed by atoms with Gasteiger partial charge in [0.2, 0.25) is 23.6 Å². The summed E-state index contributed by atoms with van der Waals surface area (Å²) in [5.41, 5.74) is 0.838. The molecule has 2 heterocycles. The molecule has 0 aromatic heterocycles. The van der Waals surface area contributed by atoms with E-state index in [0.717, 1.165) is 0 Å². The van der Waals surface area contributed by atoms with Crippen LogP contribution in [0.3, 0.4) is 0 Å². The first-order valence-electron chi connectivity index (χ1n) is 11.4. The van der Waals surface area contributed by atoms with Crippen molar-refractivity contribution in [3.8, 4) is 11.5 Å². The second-order valence-corrected chi connectivity index (χ2v) is 9.85. The Balaban J connectivity index is 1.25. The van der Waals surface area contributed by atoms with Crippen molar-refractivity contribution >= 4 is 35.0 Å². The summed E-state index contributed by atoms with van der Waals surface area (Å²) >= 11 is 0. The number of carbonyl (C=O) groups excluding carboxylic acids is 4. The quantitative estimate of drug-likeness (QED) is 0.528. The number of anilines is 2. The normalized spacial score (nSPS) is 37.1. The third kappa shape index (κ3) is 2.18. The molecule has 2 aromatic rings. The standard InChI is InChI=1S/C26H20N2O6/c29-13-5-1-11(2-6-13)27-23(31)19-15-9-10-16(20(19)24(27)32)18-17(15)21-22(18)26(34)28(25(21)33)12-3-7-14(30)8-4-12/h1-10,15-22,29-30H/t15-,16-,17-,18-,19+,20+,21-,22-/m1/s1. The molecule has 8 nitrogen and oxygen atoms in total. The number of nitrogens with zero attached hydrogens (tertiary/aromatic N) is 2. The average Bonchev–Trinajstić information content (AvgIpc) is 3.19. The van der Waals surface area contributed by atoms with E-state index in [1.54, 1.807) is 24.3 Å². The van der Waals surface area contributed by atoms with Gasteiger partial charge in [-0.25, -0.2) is 0 Å². The van der Waals surface area contributed by atoms with E-state index in [1.165, 1.54) is 34.1 Å². The Hall–Kier alpha value is -3.94. The van der Waals surface area contributed by atoms with Crippen LogP contribution >= 0.6 is 0 Å². The van der Waals surface area contributed by atoms with Gasteiger partial charge in [0.15, 0.2) is 0 Å². The highest BCUT2D eigenvalue weighted by Gasteiger charge is 2.75. The first-order valence-corrected chi connectivity index (χ1v) is 11.4. The molecule has 4 fully saturated rings. The van der Waals surface area contributed by atoms with Gasteiger partial charge in [0.1, 0.15) is 11.5 Å². The number of rotatable bonds is 2. The van der Waals surface area contributed by atoms with Gasteiger partial charge in [-0.3, -0.25) is 29.0 Å². The Labute approximate surface area is 194 Å². The Morgan fingerprint density at radius 2 is 0.824 bits per heavy atom. The molecular weight excluding hydrogens is 436 g/mol. The van der Waals surface area contributed by atoms with Crippen LogP contribution in [-0.4, -0.2) is 33.8 Å². The van der Waals surface area contributed by atoms with Crippen molar-refractivity contribution in [2.45, 2.75) is 0 Å². The van der Waals surface area contributed by atoms with Crippen LogP contribution in [0.4, 0.5) is 11.4 Å². The summed E-state index contributed by atoms with van der Waals surface area (Å²) in [6.07, 6.45) is 3.94. The van der Waals surface area contributed by atoms with Crippen LogP contribution in [-0.2, 0) is 19.2 Å². The topological polar surface area (TPSA) is 115 Å².